The molecule has 1 aromatic carbocycles. The van der Waals surface area contributed by atoms with Crippen LogP contribution in [-0.4, -0.2) is 11.9 Å². The summed E-state index contributed by atoms with van der Waals surface area (Å²) in [5.41, 5.74) is 7.10. The van der Waals surface area contributed by atoms with E-state index in [1.54, 1.807) is 0 Å². The van der Waals surface area contributed by atoms with Gasteiger partial charge in [-0.2, -0.15) is 0 Å². The maximum absolute atomic E-state index is 10.6. The Kier molecular flexibility index (Phi) is 3.51. The quantitative estimate of drug-likeness (QED) is 0.760. The molecule has 0 aromatic heterocycles. The molecular weight excluding hydrogens is 176 g/mol. The van der Waals surface area contributed by atoms with Crippen molar-refractivity contribution < 1.29 is 4.79 Å². The second kappa shape index (κ2) is 4.65. The Morgan fingerprint density at radius 1 is 1.36 bits per heavy atom. The van der Waals surface area contributed by atoms with E-state index in [2.05, 4.69) is 19.2 Å². The highest BCUT2D eigenvalue weighted by atomic mass is 16.1. The van der Waals surface area contributed by atoms with Crippen molar-refractivity contribution in [3.8, 4) is 0 Å². The fraction of sp³-hybridized carbons (Fsp3) is 0.364. The number of hydrogen-bond acceptors (Lipinski definition) is 2. The van der Waals surface area contributed by atoms with E-state index in [0.717, 1.165) is 11.3 Å². The molecule has 3 N–H and O–H groups in total. The second-order valence-electron chi connectivity index (χ2n) is 3.64. The number of carbonyl (C=O) groups is 1. The van der Waals surface area contributed by atoms with Gasteiger partial charge in [-0.25, -0.2) is 0 Å². The summed E-state index contributed by atoms with van der Waals surface area (Å²) >= 11 is 0. The highest BCUT2D eigenvalue weighted by molar-refractivity contribution is 5.76. The molecular formula is C11H16N2O. The fourth-order valence-electron chi connectivity index (χ4n) is 1.25. The highest BCUT2D eigenvalue weighted by Gasteiger charge is 1.99. The van der Waals surface area contributed by atoms with Crippen molar-refractivity contribution >= 4 is 11.6 Å². The molecule has 0 aliphatic heterocycles. The maximum atomic E-state index is 10.6. The molecule has 1 rings (SSSR count). The molecule has 0 aliphatic carbocycles. The third kappa shape index (κ3) is 3.47. The Morgan fingerprint density at radius 3 is 2.36 bits per heavy atom. The molecule has 1 aromatic rings. The molecule has 0 radical (unpaired) electrons. The van der Waals surface area contributed by atoms with Crippen LogP contribution in [0.3, 0.4) is 0 Å². The van der Waals surface area contributed by atoms with Crippen LogP contribution in [0.4, 0.5) is 5.69 Å². The Labute approximate surface area is 84.3 Å². The lowest BCUT2D eigenvalue weighted by Gasteiger charge is -2.09. The predicted octanol–water partition coefficient (Wildman–Crippen LogP) is 1.53. The normalized spacial score (nSPS) is 10.2. The third-order valence-electron chi connectivity index (χ3n) is 1.79. The molecule has 0 atom stereocenters. The summed E-state index contributed by atoms with van der Waals surface area (Å²) in [5, 5.41) is 3.27. The summed E-state index contributed by atoms with van der Waals surface area (Å²) in [6.45, 7) is 4.16. The summed E-state index contributed by atoms with van der Waals surface area (Å²) in [5.74, 6) is -0.297. The highest BCUT2D eigenvalue weighted by Crippen LogP contribution is 2.10. The van der Waals surface area contributed by atoms with Crippen LogP contribution < -0.4 is 11.1 Å². The molecule has 0 spiro atoms. The van der Waals surface area contributed by atoms with Crippen LogP contribution in [0.1, 0.15) is 19.4 Å². The summed E-state index contributed by atoms with van der Waals surface area (Å²) in [7, 11) is 0. The van der Waals surface area contributed by atoms with E-state index in [-0.39, 0.29) is 5.91 Å². The molecule has 0 bridgehead atoms. The molecule has 0 saturated heterocycles. The molecule has 0 saturated carbocycles. The molecule has 3 heteroatoms. The van der Waals surface area contributed by atoms with Crippen molar-refractivity contribution in [2.45, 2.75) is 26.3 Å². The van der Waals surface area contributed by atoms with Gasteiger partial charge in [-0.05, 0) is 31.5 Å². The average Bonchev–Trinajstić information content (AvgIpc) is 2.06. The van der Waals surface area contributed by atoms with Crippen LogP contribution >= 0.6 is 0 Å². The van der Waals surface area contributed by atoms with Crippen LogP contribution in [0.5, 0.6) is 0 Å². The summed E-state index contributed by atoms with van der Waals surface area (Å²) in [6.07, 6.45) is 0.307. The third-order valence-corrected chi connectivity index (χ3v) is 1.79. The van der Waals surface area contributed by atoms with Crippen LogP contribution in [0, 0.1) is 0 Å². The van der Waals surface area contributed by atoms with E-state index in [9.17, 15) is 4.79 Å². The Bertz CT molecular complexity index is 304. The molecule has 0 fully saturated rings. The van der Waals surface area contributed by atoms with E-state index < -0.39 is 0 Å². The van der Waals surface area contributed by atoms with Gasteiger partial charge in [0.1, 0.15) is 0 Å². The van der Waals surface area contributed by atoms with Crippen molar-refractivity contribution in [1.29, 1.82) is 0 Å². The number of rotatable bonds is 4. The lowest BCUT2D eigenvalue weighted by atomic mass is 10.1. The van der Waals surface area contributed by atoms with Crippen molar-refractivity contribution in [2.24, 2.45) is 5.73 Å². The van der Waals surface area contributed by atoms with E-state index >= 15 is 0 Å². The predicted molar refractivity (Wildman–Crippen MR) is 58.1 cm³/mol. The van der Waals surface area contributed by atoms with E-state index in [1.807, 2.05) is 24.3 Å². The van der Waals surface area contributed by atoms with E-state index in [4.69, 9.17) is 5.73 Å². The van der Waals surface area contributed by atoms with Crippen LogP contribution in [0.25, 0.3) is 0 Å². The summed E-state index contributed by atoms with van der Waals surface area (Å²) in [4.78, 5) is 10.6. The Hall–Kier alpha value is -1.51. The largest absolute Gasteiger partial charge is 0.383 e. The average molecular weight is 192 g/mol. The Morgan fingerprint density at radius 2 is 1.93 bits per heavy atom. The minimum Gasteiger partial charge on any atom is -0.383 e. The van der Waals surface area contributed by atoms with Crippen molar-refractivity contribution in [3.63, 3.8) is 0 Å². The molecule has 1 amide bonds. The van der Waals surface area contributed by atoms with Gasteiger partial charge in [-0.3, -0.25) is 4.79 Å². The first kappa shape index (κ1) is 10.6. The molecule has 76 valence electrons. The number of hydrogen-bond donors (Lipinski definition) is 2. The van der Waals surface area contributed by atoms with Crippen LogP contribution in [-0.2, 0) is 11.2 Å². The first-order valence-corrected chi connectivity index (χ1v) is 4.71. The monoisotopic (exact) mass is 192 g/mol. The van der Waals surface area contributed by atoms with Gasteiger partial charge >= 0.3 is 0 Å². The minimum atomic E-state index is -0.297. The molecule has 14 heavy (non-hydrogen) atoms. The zero-order valence-corrected chi connectivity index (χ0v) is 8.58. The Balaban J connectivity index is 2.63. The molecule has 0 heterocycles. The summed E-state index contributed by atoms with van der Waals surface area (Å²) < 4.78 is 0. The van der Waals surface area contributed by atoms with Crippen LogP contribution in [0.15, 0.2) is 24.3 Å². The van der Waals surface area contributed by atoms with Gasteiger partial charge in [0.2, 0.25) is 5.91 Å². The van der Waals surface area contributed by atoms with Gasteiger partial charge in [0.05, 0.1) is 6.42 Å². The van der Waals surface area contributed by atoms with Gasteiger partial charge in [-0.1, -0.05) is 12.1 Å². The van der Waals surface area contributed by atoms with Crippen LogP contribution in [0.2, 0.25) is 0 Å². The first-order chi connectivity index (χ1) is 6.58. The smallest absolute Gasteiger partial charge is 0.221 e. The zero-order chi connectivity index (χ0) is 10.6. The molecule has 3 nitrogen and oxygen atoms in total. The van der Waals surface area contributed by atoms with E-state index in [0.29, 0.717) is 12.5 Å². The number of nitrogens with two attached hydrogens (primary N) is 1. The van der Waals surface area contributed by atoms with Gasteiger partial charge in [0.15, 0.2) is 0 Å². The maximum Gasteiger partial charge on any atom is 0.221 e. The first-order valence-electron chi connectivity index (χ1n) is 4.71. The second-order valence-corrected chi connectivity index (χ2v) is 3.64. The number of nitrogens with one attached hydrogen (secondary N) is 1. The zero-order valence-electron chi connectivity index (χ0n) is 8.58. The SMILES string of the molecule is CC(C)Nc1ccc(CC(N)=O)cc1. The topological polar surface area (TPSA) is 55.1 Å². The number of carbonyl (C=O) groups excluding carboxylic acids is 1. The van der Waals surface area contributed by atoms with Crippen molar-refractivity contribution in [3.05, 3.63) is 29.8 Å². The summed E-state index contributed by atoms with van der Waals surface area (Å²) in [6, 6.07) is 8.15. The number of benzene rings is 1. The minimum absolute atomic E-state index is 0.297. The molecule has 0 unspecified atom stereocenters. The number of primary amides is 1. The number of anilines is 1. The van der Waals surface area contributed by atoms with Crippen molar-refractivity contribution in [1.82, 2.24) is 0 Å². The van der Waals surface area contributed by atoms with Gasteiger partial charge < -0.3 is 11.1 Å². The standard InChI is InChI=1S/C11H16N2O/c1-8(2)13-10-5-3-9(4-6-10)7-11(12)14/h3-6,8,13H,7H2,1-2H3,(H2,12,14). The van der Waals surface area contributed by atoms with Crippen molar-refractivity contribution in [2.75, 3.05) is 5.32 Å². The van der Waals surface area contributed by atoms with Gasteiger partial charge in [0.25, 0.3) is 0 Å². The van der Waals surface area contributed by atoms with Gasteiger partial charge in [0, 0.05) is 11.7 Å². The van der Waals surface area contributed by atoms with Gasteiger partial charge in [-0.15, -0.1) is 0 Å². The van der Waals surface area contributed by atoms with E-state index in [1.165, 1.54) is 0 Å². The lowest BCUT2D eigenvalue weighted by Crippen LogP contribution is -2.14. The molecule has 0 aliphatic rings. The lowest BCUT2D eigenvalue weighted by molar-refractivity contribution is -0.117. The fourth-order valence-corrected chi connectivity index (χ4v) is 1.25. The number of amides is 1.